The average Bonchev–Trinajstić information content (AvgIpc) is 3.20. The largest absolute Gasteiger partial charge is 0.422 e. The van der Waals surface area contributed by atoms with Crippen LogP contribution in [0.3, 0.4) is 0 Å². The highest BCUT2D eigenvalue weighted by atomic mass is 19.1. The Balaban J connectivity index is 1.49. The van der Waals surface area contributed by atoms with Crippen LogP contribution in [-0.2, 0) is 6.67 Å². The van der Waals surface area contributed by atoms with E-state index in [0.717, 1.165) is 26.2 Å². The van der Waals surface area contributed by atoms with Gasteiger partial charge >= 0.3 is 0 Å². The molecule has 1 saturated heterocycles. The first-order valence-electron chi connectivity index (χ1n) is 8.86. The lowest BCUT2D eigenvalue weighted by Crippen LogP contribution is -2.44. The number of anilines is 3. The van der Waals surface area contributed by atoms with E-state index in [1.165, 1.54) is 6.20 Å². The lowest BCUT2D eigenvalue weighted by Gasteiger charge is -2.31. The smallest absolute Gasteiger partial charge is 0.297 e. The SMILES string of the molecule is CN1CCN(c2ncc(-c3cccc(Nc4ccc(CF)cn4)n3)o2)CC1. The number of aromatic nitrogens is 3. The van der Waals surface area contributed by atoms with Crippen molar-refractivity contribution >= 4 is 17.7 Å². The van der Waals surface area contributed by atoms with Crippen molar-refractivity contribution in [2.75, 3.05) is 43.4 Å². The number of likely N-dealkylation sites (N-methyl/N-ethyl adjacent to an activating group) is 1. The molecule has 4 heterocycles. The van der Waals surface area contributed by atoms with Gasteiger partial charge in [-0.2, -0.15) is 0 Å². The summed E-state index contributed by atoms with van der Waals surface area (Å²) < 4.78 is 18.5. The molecule has 0 saturated carbocycles. The third-order valence-electron chi connectivity index (χ3n) is 4.50. The molecule has 140 valence electrons. The minimum atomic E-state index is -0.526. The van der Waals surface area contributed by atoms with Gasteiger partial charge in [0.05, 0.1) is 6.20 Å². The Kier molecular flexibility index (Phi) is 4.97. The van der Waals surface area contributed by atoms with Crippen LogP contribution in [0.5, 0.6) is 0 Å². The van der Waals surface area contributed by atoms with Crippen LogP contribution in [0.15, 0.2) is 47.1 Å². The van der Waals surface area contributed by atoms with Crippen LogP contribution < -0.4 is 10.2 Å². The molecule has 3 aromatic rings. The third-order valence-corrected chi connectivity index (χ3v) is 4.50. The van der Waals surface area contributed by atoms with Crippen molar-refractivity contribution in [3.8, 4) is 11.5 Å². The summed E-state index contributed by atoms with van der Waals surface area (Å²) in [7, 11) is 2.11. The Bertz CT molecular complexity index is 889. The highest BCUT2D eigenvalue weighted by Crippen LogP contribution is 2.25. The molecule has 0 amide bonds. The molecule has 0 atom stereocenters. The Hall–Kier alpha value is -3.00. The number of piperazine rings is 1. The normalized spacial score (nSPS) is 15.1. The van der Waals surface area contributed by atoms with Crippen molar-refractivity contribution in [3.63, 3.8) is 0 Å². The molecular weight excluding hydrogens is 347 g/mol. The number of pyridine rings is 2. The van der Waals surface area contributed by atoms with Gasteiger partial charge in [-0.05, 0) is 25.2 Å². The number of halogens is 1. The highest BCUT2D eigenvalue weighted by molar-refractivity contribution is 5.59. The van der Waals surface area contributed by atoms with Gasteiger partial charge < -0.3 is 19.5 Å². The zero-order chi connectivity index (χ0) is 18.6. The summed E-state index contributed by atoms with van der Waals surface area (Å²) in [5, 5.41) is 3.12. The third kappa shape index (κ3) is 4.06. The number of oxazole rings is 1. The zero-order valence-corrected chi connectivity index (χ0v) is 15.1. The number of nitrogens with zero attached hydrogens (tertiary/aromatic N) is 5. The van der Waals surface area contributed by atoms with E-state index in [1.807, 2.05) is 18.2 Å². The van der Waals surface area contributed by atoms with Crippen LogP contribution in [0.25, 0.3) is 11.5 Å². The van der Waals surface area contributed by atoms with Gasteiger partial charge in [-0.15, -0.1) is 0 Å². The van der Waals surface area contributed by atoms with E-state index in [9.17, 15) is 4.39 Å². The minimum absolute atomic E-state index is 0.526. The Morgan fingerprint density at radius 1 is 1.04 bits per heavy atom. The molecule has 0 bridgehead atoms. The molecule has 0 unspecified atom stereocenters. The van der Waals surface area contributed by atoms with E-state index in [4.69, 9.17) is 4.42 Å². The fourth-order valence-corrected chi connectivity index (χ4v) is 2.88. The minimum Gasteiger partial charge on any atom is -0.422 e. The van der Waals surface area contributed by atoms with Gasteiger partial charge in [0.15, 0.2) is 5.76 Å². The topological polar surface area (TPSA) is 70.3 Å². The predicted molar refractivity (Wildman–Crippen MR) is 102 cm³/mol. The summed E-state index contributed by atoms with van der Waals surface area (Å²) in [6, 6.07) is 9.65. The van der Waals surface area contributed by atoms with Crippen molar-refractivity contribution in [1.82, 2.24) is 19.9 Å². The van der Waals surface area contributed by atoms with Crippen molar-refractivity contribution in [3.05, 3.63) is 48.3 Å². The number of hydrogen-bond acceptors (Lipinski definition) is 7. The van der Waals surface area contributed by atoms with Crippen molar-refractivity contribution in [2.45, 2.75) is 6.67 Å². The maximum Gasteiger partial charge on any atom is 0.297 e. The molecule has 0 radical (unpaired) electrons. The zero-order valence-electron chi connectivity index (χ0n) is 15.1. The van der Waals surface area contributed by atoms with Gasteiger partial charge in [-0.1, -0.05) is 12.1 Å². The summed E-state index contributed by atoms with van der Waals surface area (Å²) in [6.45, 7) is 3.24. The van der Waals surface area contributed by atoms with E-state index >= 15 is 0 Å². The maximum atomic E-state index is 12.6. The van der Waals surface area contributed by atoms with Crippen LogP contribution in [-0.4, -0.2) is 53.1 Å². The molecule has 27 heavy (non-hydrogen) atoms. The summed E-state index contributed by atoms with van der Waals surface area (Å²) >= 11 is 0. The van der Waals surface area contributed by atoms with E-state index in [-0.39, 0.29) is 0 Å². The number of nitrogens with one attached hydrogen (secondary N) is 1. The van der Waals surface area contributed by atoms with Gasteiger partial charge in [0.2, 0.25) is 0 Å². The summed E-state index contributed by atoms with van der Waals surface area (Å²) in [6.07, 6.45) is 3.21. The monoisotopic (exact) mass is 368 g/mol. The number of rotatable bonds is 5. The second-order valence-corrected chi connectivity index (χ2v) is 6.52. The van der Waals surface area contributed by atoms with Crippen LogP contribution in [0.4, 0.5) is 22.0 Å². The molecule has 0 aromatic carbocycles. The average molecular weight is 368 g/mol. The first kappa shape index (κ1) is 17.4. The summed E-state index contributed by atoms with van der Waals surface area (Å²) in [5.41, 5.74) is 1.23. The fourth-order valence-electron chi connectivity index (χ4n) is 2.88. The first-order chi connectivity index (χ1) is 13.2. The molecule has 8 heteroatoms. The van der Waals surface area contributed by atoms with Gasteiger partial charge in [0.1, 0.15) is 24.0 Å². The summed E-state index contributed by atoms with van der Waals surface area (Å²) in [5.74, 6) is 1.85. The molecular formula is C19H21FN6O. The highest BCUT2D eigenvalue weighted by Gasteiger charge is 2.19. The van der Waals surface area contributed by atoms with E-state index in [1.54, 1.807) is 18.3 Å². The van der Waals surface area contributed by atoms with Crippen LogP contribution in [0.2, 0.25) is 0 Å². The molecule has 1 aliphatic heterocycles. The van der Waals surface area contributed by atoms with Gasteiger partial charge in [-0.3, -0.25) is 0 Å². The molecule has 1 fully saturated rings. The first-order valence-corrected chi connectivity index (χ1v) is 8.86. The van der Waals surface area contributed by atoms with Gasteiger partial charge in [-0.25, -0.2) is 19.3 Å². The molecule has 4 rings (SSSR count). The second kappa shape index (κ2) is 7.71. The van der Waals surface area contributed by atoms with Crippen molar-refractivity contribution in [2.24, 2.45) is 0 Å². The number of alkyl halides is 1. The molecule has 3 aromatic heterocycles. The van der Waals surface area contributed by atoms with Crippen LogP contribution >= 0.6 is 0 Å². The predicted octanol–water partition coefficient (Wildman–Crippen LogP) is 3.10. The Morgan fingerprint density at radius 2 is 1.89 bits per heavy atom. The molecule has 1 N–H and O–H groups in total. The molecule has 0 aliphatic carbocycles. The van der Waals surface area contributed by atoms with Gasteiger partial charge in [0, 0.05) is 37.9 Å². The second-order valence-electron chi connectivity index (χ2n) is 6.52. The molecule has 7 nitrogen and oxygen atoms in total. The molecule has 0 spiro atoms. The lowest BCUT2D eigenvalue weighted by atomic mass is 10.3. The van der Waals surface area contributed by atoms with Crippen LogP contribution in [0.1, 0.15) is 5.56 Å². The fraction of sp³-hybridized carbons (Fsp3) is 0.316. The van der Waals surface area contributed by atoms with Crippen molar-refractivity contribution in [1.29, 1.82) is 0 Å². The quantitative estimate of drug-likeness (QED) is 0.742. The maximum absolute atomic E-state index is 12.6. The molecule has 1 aliphatic rings. The van der Waals surface area contributed by atoms with E-state index in [2.05, 4.69) is 37.1 Å². The Labute approximate surface area is 156 Å². The van der Waals surface area contributed by atoms with Crippen LogP contribution in [0, 0.1) is 0 Å². The summed E-state index contributed by atoms with van der Waals surface area (Å²) in [4.78, 5) is 17.6. The van der Waals surface area contributed by atoms with E-state index < -0.39 is 6.67 Å². The Morgan fingerprint density at radius 3 is 2.63 bits per heavy atom. The van der Waals surface area contributed by atoms with E-state index in [0.29, 0.717) is 34.7 Å². The lowest BCUT2D eigenvalue weighted by molar-refractivity contribution is 0.305. The van der Waals surface area contributed by atoms with Crippen molar-refractivity contribution < 1.29 is 8.81 Å². The number of hydrogen-bond donors (Lipinski definition) is 1. The van der Waals surface area contributed by atoms with Gasteiger partial charge in [0.25, 0.3) is 6.01 Å². The standard InChI is InChI=1S/C19H21FN6O/c1-25-7-9-26(10-8-25)19-22-13-16(27-19)15-3-2-4-18(23-15)24-17-6-5-14(11-20)12-21-17/h2-6,12-13H,7-11H2,1H3,(H,21,23,24).